The first kappa shape index (κ1) is 29.2. The van der Waals surface area contributed by atoms with Crippen molar-refractivity contribution in [3.8, 4) is 22.9 Å². The van der Waals surface area contributed by atoms with Gasteiger partial charge in [-0.15, -0.1) is 0 Å². The van der Waals surface area contributed by atoms with Crippen molar-refractivity contribution in [3.63, 3.8) is 0 Å². The van der Waals surface area contributed by atoms with E-state index in [1.165, 1.54) is 10.9 Å². The second-order valence-electron chi connectivity index (χ2n) is 10.5. The number of hydrogen-bond donors (Lipinski definition) is 5. The minimum Gasteiger partial charge on any atom is -0.494 e. The van der Waals surface area contributed by atoms with Crippen molar-refractivity contribution in [2.24, 2.45) is 0 Å². The number of fused-ring (bicyclic) bond motifs is 1. The molecule has 1 aliphatic heterocycles. The molecule has 0 bridgehead atoms. The summed E-state index contributed by atoms with van der Waals surface area (Å²) in [6.45, 7) is 1.44. The standard InChI is InChI=1S/C30H35N7O5/c1-36(2)11-4-12-41-21-6-3-5-20(13-21)19-9-7-18(8-10-19)15-33-28-22(14-31)24-27(32)34-17-35-29(24)37(28)30-26(40)25(39)23(16-38)42-30/h3,5-10,13,17,23,25-26,30,33,38-40H,4,11-12,15-16H2,1-2H3,(H2,32,34,35)/t23-,25-,26-,30-/m1/s1. The lowest BCUT2D eigenvalue weighted by molar-refractivity contribution is -0.0499. The number of nitriles is 1. The van der Waals surface area contributed by atoms with E-state index in [4.69, 9.17) is 15.2 Å². The zero-order chi connectivity index (χ0) is 29.8. The van der Waals surface area contributed by atoms with E-state index < -0.39 is 31.1 Å². The molecular formula is C30H35N7O5. The van der Waals surface area contributed by atoms with Gasteiger partial charge in [-0.3, -0.25) is 4.57 Å². The third-order valence-corrected chi connectivity index (χ3v) is 7.30. The Morgan fingerprint density at radius 1 is 1.12 bits per heavy atom. The van der Waals surface area contributed by atoms with Crippen molar-refractivity contribution in [2.75, 3.05) is 44.9 Å². The van der Waals surface area contributed by atoms with Crippen molar-refractivity contribution < 1.29 is 24.8 Å². The van der Waals surface area contributed by atoms with Gasteiger partial charge in [0.15, 0.2) is 11.9 Å². The summed E-state index contributed by atoms with van der Waals surface area (Å²) in [4.78, 5) is 10.4. The number of nitrogens with zero attached hydrogens (tertiary/aromatic N) is 5. The second kappa shape index (κ2) is 12.7. The third-order valence-electron chi connectivity index (χ3n) is 7.30. The number of nitrogens with one attached hydrogen (secondary N) is 1. The lowest BCUT2D eigenvalue weighted by Gasteiger charge is -2.21. The van der Waals surface area contributed by atoms with Crippen molar-refractivity contribution in [3.05, 3.63) is 66.0 Å². The van der Waals surface area contributed by atoms with Gasteiger partial charge >= 0.3 is 0 Å². The fourth-order valence-electron chi connectivity index (χ4n) is 5.12. The van der Waals surface area contributed by atoms with Crippen LogP contribution >= 0.6 is 0 Å². The summed E-state index contributed by atoms with van der Waals surface area (Å²) in [5.41, 5.74) is 9.54. The van der Waals surface area contributed by atoms with Gasteiger partial charge in [0.05, 0.1) is 18.6 Å². The fourth-order valence-corrected chi connectivity index (χ4v) is 5.12. The van der Waals surface area contributed by atoms with Crippen LogP contribution in [-0.2, 0) is 11.3 Å². The van der Waals surface area contributed by atoms with E-state index in [-0.39, 0.29) is 17.0 Å². The molecule has 12 nitrogen and oxygen atoms in total. The summed E-state index contributed by atoms with van der Waals surface area (Å²) in [5.74, 6) is 1.22. The first-order chi connectivity index (χ1) is 20.3. The predicted molar refractivity (Wildman–Crippen MR) is 158 cm³/mol. The number of rotatable bonds is 11. The van der Waals surface area contributed by atoms with Gasteiger partial charge in [0, 0.05) is 13.1 Å². The molecule has 2 aromatic heterocycles. The highest BCUT2D eigenvalue weighted by molar-refractivity contribution is 5.97. The summed E-state index contributed by atoms with van der Waals surface area (Å²) in [6, 6.07) is 18.1. The van der Waals surface area contributed by atoms with Crippen molar-refractivity contribution >= 4 is 22.7 Å². The number of ether oxygens (including phenoxy) is 2. The molecule has 0 aliphatic carbocycles. The van der Waals surface area contributed by atoms with Crippen LogP contribution in [0.25, 0.3) is 22.2 Å². The van der Waals surface area contributed by atoms with Gasteiger partial charge in [-0.1, -0.05) is 36.4 Å². The van der Waals surface area contributed by atoms with E-state index >= 15 is 0 Å². The number of aliphatic hydroxyl groups is 3. The number of anilines is 2. The largest absolute Gasteiger partial charge is 0.494 e. The molecule has 42 heavy (non-hydrogen) atoms. The predicted octanol–water partition coefficient (Wildman–Crippen LogP) is 2.11. The highest BCUT2D eigenvalue weighted by Crippen LogP contribution is 2.39. The molecule has 1 saturated heterocycles. The van der Waals surface area contributed by atoms with Gasteiger partial charge in [-0.2, -0.15) is 5.26 Å². The molecule has 4 atom stereocenters. The number of hydrogen-bond acceptors (Lipinski definition) is 11. The molecule has 220 valence electrons. The lowest BCUT2D eigenvalue weighted by Crippen LogP contribution is -2.33. The minimum atomic E-state index is -1.38. The first-order valence-corrected chi connectivity index (χ1v) is 13.7. The van der Waals surface area contributed by atoms with Crippen molar-refractivity contribution in [2.45, 2.75) is 37.5 Å². The topological polar surface area (TPSA) is 175 Å². The van der Waals surface area contributed by atoms with Crippen LogP contribution in [-0.4, -0.2) is 86.9 Å². The summed E-state index contributed by atoms with van der Waals surface area (Å²) >= 11 is 0. The molecule has 0 saturated carbocycles. The third kappa shape index (κ3) is 5.87. The summed E-state index contributed by atoms with van der Waals surface area (Å²) in [7, 11) is 4.08. The molecule has 4 aromatic rings. The number of aliphatic hydroxyl groups excluding tert-OH is 3. The molecule has 1 aliphatic rings. The summed E-state index contributed by atoms with van der Waals surface area (Å²) in [5, 5.41) is 44.4. The molecule has 0 spiro atoms. The van der Waals surface area contributed by atoms with Crippen LogP contribution in [0.5, 0.6) is 5.75 Å². The molecule has 0 unspecified atom stereocenters. The number of benzene rings is 2. The Balaban J connectivity index is 1.37. The quantitative estimate of drug-likeness (QED) is 0.166. The van der Waals surface area contributed by atoms with E-state index in [0.29, 0.717) is 24.4 Å². The summed E-state index contributed by atoms with van der Waals surface area (Å²) in [6.07, 6.45) is -2.65. The Labute approximate surface area is 243 Å². The van der Waals surface area contributed by atoms with E-state index in [1.807, 2.05) is 62.6 Å². The van der Waals surface area contributed by atoms with Gasteiger partial charge in [0.1, 0.15) is 53.7 Å². The molecule has 3 heterocycles. The normalized spacial score (nSPS) is 20.2. The highest BCUT2D eigenvalue weighted by atomic mass is 16.6. The zero-order valence-electron chi connectivity index (χ0n) is 23.5. The number of nitrogens with two attached hydrogens (primary N) is 1. The summed E-state index contributed by atoms with van der Waals surface area (Å²) < 4.78 is 13.2. The van der Waals surface area contributed by atoms with E-state index in [1.54, 1.807) is 0 Å². The van der Waals surface area contributed by atoms with Crippen LogP contribution in [0.4, 0.5) is 11.6 Å². The van der Waals surface area contributed by atoms with Crippen LogP contribution in [0.1, 0.15) is 23.8 Å². The van der Waals surface area contributed by atoms with Gasteiger partial charge < -0.3 is 40.7 Å². The maximum Gasteiger partial charge on any atom is 0.166 e. The van der Waals surface area contributed by atoms with Crippen molar-refractivity contribution in [1.82, 2.24) is 19.4 Å². The van der Waals surface area contributed by atoms with E-state index in [9.17, 15) is 20.6 Å². The second-order valence-corrected chi connectivity index (χ2v) is 10.5. The smallest absolute Gasteiger partial charge is 0.166 e. The lowest BCUT2D eigenvalue weighted by atomic mass is 10.0. The van der Waals surface area contributed by atoms with Gasteiger partial charge in [0.25, 0.3) is 0 Å². The number of nitrogen functional groups attached to an aromatic ring is 1. The molecule has 5 rings (SSSR count). The maximum absolute atomic E-state index is 10.8. The first-order valence-electron chi connectivity index (χ1n) is 13.7. The average Bonchev–Trinajstić information content (AvgIpc) is 3.47. The molecule has 6 N–H and O–H groups in total. The Kier molecular flexibility index (Phi) is 8.86. The SMILES string of the molecule is CN(C)CCCOc1cccc(-c2ccc(CNc3c(C#N)c4c(N)ncnc4n3[C@@H]3O[C@H](CO)[C@@H](O)[C@H]3O)cc2)c1. The monoisotopic (exact) mass is 573 g/mol. The molecule has 1 fully saturated rings. The molecule has 0 amide bonds. The van der Waals surface area contributed by atoms with Gasteiger partial charge in [-0.05, 0) is 49.3 Å². The van der Waals surface area contributed by atoms with Crippen LogP contribution in [0.3, 0.4) is 0 Å². The van der Waals surface area contributed by atoms with Crippen LogP contribution < -0.4 is 15.8 Å². The Morgan fingerprint density at radius 2 is 1.90 bits per heavy atom. The zero-order valence-corrected chi connectivity index (χ0v) is 23.5. The highest BCUT2D eigenvalue weighted by Gasteiger charge is 2.45. The Bertz CT molecular complexity index is 1570. The molecular weight excluding hydrogens is 538 g/mol. The van der Waals surface area contributed by atoms with E-state index in [0.717, 1.165) is 35.4 Å². The molecule has 2 aromatic carbocycles. The van der Waals surface area contributed by atoms with E-state index in [2.05, 4.69) is 26.3 Å². The van der Waals surface area contributed by atoms with Gasteiger partial charge in [0.2, 0.25) is 0 Å². The molecule has 0 radical (unpaired) electrons. The minimum absolute atomic E-state index is 0.0957. The van der Waals surface area contributed by atoms with Crippen LogP contribution in [0.2, 0.25) is 0 Å². The fraction of sp³-hybridized carbons (Fsp3) is 0.367. The van der Waals surface area contributed by atoms with Gasteiger partial charge in [-0.25, -0.2) is 9.97 Å². The maximum atomic E-state index is 10.8. The van der Waals surface area contributed by atoms with Crippen molar-refractivity contribution in [1.29, 1.82) is 5.26 Å². The Hall–Kier alpha value is -4.25. The molecule has 12 heteroatoms. The Morgan fingerprint density at radius 3 is 2.60 bits per heavy atom. The van der Waals surface area contributed by atoms with Crippen LogP contribution in [0, 0.1) is 11.3 Å². The number of aromatic nitrogens is 3. The average molecular weight is 574 g/mol. The van der Waals surface area contributed by atoms with Crippen LogP contribution in [0.15, 0.2) is 54.9 Å².